The number of aromatic amines is 1. The monoisotopic (exact) mass is 574 g/mol. The van der Waals surface area contributed by atoms with Gasteiger partial charge in [-0.15, -0.1) is 0 Å². The second-order valence-electron chi connectivity index (χ2n) is 6.44. The van der Waals surface area contributed by atoms with Crippen LogP contribution in [0.4, 0.5) is 0 Å². The summed E-state index contributed by atoms with van der Waals surface area (Å²) in [6, 6.07) is 0. The van der Waals surface area contributed by atoms with E-state index in [4.69, 9.17) is 69.6 Å². The summed E-state index contributed by atoms with van der Waals surface area (Å²) in [6.07, 6.45) is 7.23. The zero-order valence-corrected chi connectivity index (χ0v) is 21.2. The molecule has 0 fully saturated rings. The molecule has 0 amide bonds. The fourth-order valence-electron chi connectivity index (χ4n) is 2.45. The standard InChI is InChI=1S/C14H14Cl4N4O2.C4H2Cl2N2O/c15-9-7-19-21(13(23)11(9)17)5-3-1-2-4-6-22-14(24)12(18)10(16)8-20-22;5-2-1-7-8-4(9)3(2)6/h7-8H,1-6H2;1H,(H,8,9). The molecule has 178 valence electrons. The van der Waals surface area contributed by atoms with Crippen LogP contribution >= 0.6 is 69.6 Å². The summed E-state index contributed by atoms with van der Waals surface area (Å²) >= 11 is 33.8. The van der Waals surface area contributed by atoms with Crippen molar-refractivity contribution in [1.29, 1.82) is 0 Å². The SMILES string of the molecule is O=c1[nH]ncc(Cl)c1Cl.O=c1c(Cl)c(Cl)cnn1CCCCCCn1ncc(Cl)c(Cl)c1=O. The van der Waals surface area contributed by atoms with Gasteiger partial charge in [-0.2, -0.15) is 15.3 Å². The maximum Gasteiger partial charge on any atom is 0.287 e. The predicted octanol–water partition coefficient (Wildman–Crippen LogP) is 4.75. The maximum atomic E-state index is 11.8. The highest BCUT2D eigenvalue weighted by Crippen LogP contribution is 2.16. The highest BCUT2D eigenvalue weighted by molar-refractivity contribution is 6.42. The van der Waals surface area contributed by atoms with Gasteiger partial charge in [0.2, 0.25) is 0 Å². The van der Waals surface area contributed by atoms with Crippen LogP contribution in [0.25, 0.3) is 0 Å². The minimum absolute atomic E-state index is 0.0169. The first-order valence-electron chi connectivity index (χ1n) is 9.34. The third-order valence-corrected chi connectivity index (χ3v) is 6.38. The lowest BCUT2D eigenvalue weighted by Gasteiger charge is -2.07. The van der Waals surface area contributed by atoms with Gasteiger partial charge in [-0.05, 0) is 12.8 Å². The van der Waals surface area contributed by atoms with Crippen molar-refractivity contribution >= 4 is 69.6 Å². The largest absolute Gasteiger partial charge is 0.287 e. The van der Waals surface area contributed by atoms with Gasteiger partial charge in [-0.3, -0.25) is 14.4 Å². The quantitative estimate of drug-likeness (QED) is 0.406. The average molecular weight is 577 g/mol. The molecular formula is C18H16Cl6N6O3. The first-order chi connectivity index (χ1) is 15.6. The molecule has 0 saturated heterocycles. The van der Waals surface area contributed by atoms with Crippen LogP contribution in [-0.4, -0.2) is 29.8 Å². The van der Waals surface area contributed by atoms with Crippen LogP contribution in [0, 0.1) is 0 Å². The molecule has 3 aromatic heterocycles. The molecule has 1 N–H and O–H groups in total. The number of nitrogens with one attached hydrogen (secondary N) is 1. The topological polar surface area (TPSA) is 116 Å². The van der Waals surface area contributed by atoms with Gasteiger partial charge in [0.25, 0.3) is 16.7 Å². The van der Waals surface area contributed by atoms with Crippen molar-refractivity contribution in [2.75, 3.05) is 0 Å². The summed E-state index contributed by atoms with van der Waals surface area (Å²) in [5, 5.41) is 13.8. The molecule has 0 bridgehead atoms. The summed E-state index contributed by atoms with van der Waals surface area (Å²) in [6.45, 7) is 0.918. The molecule has 3 rings (SSSR count). The van der Waals surface area contributed by atoms with Crippen molar-refractivity contribution in [3.05, 3.63) is 79.8 Å². The summed E-state index contributed by atoms with van der Waals surface area (Å²) in [5.41, 5.74) is -1.25. The van der Waals surface area contributed by atoms with E-state index in [0.717, 1.165) is 25.7 Å². The van der Waals surface area contributed by atoms with E-state index >= 15 is 0 Å². The third-order valence-electron chi connectivity index (χ3n) is 4.13. The van der Waals surface area contributed by atoms with Gasteiger partial charge in [0.1, 0.15) is 15.1 Å². The molecule has 0 aliphatic heterocycles. The van der Waals surface area contributed by atoms with E-state index in [-0.39, 0.29) is 30.1 Å². The summed E-state index contributed by atoms with van der Waals surface area (Å²) in [7, 11) is 0. The molecule has 33 heavy (non-hydrogen) atoms. The van der Waals surface area contributed by atoms with E-state index in [1.165, 1.54) is 28.0 Å². The van der Waals surface area contributed by atoms with E-state index in [2.05, 4.69) is 20.4 Å². The summed E-state index contributed by atoms with van der Waals surface area (Å²) in [5.74, 6) is 0. The number of hydrogen-bond donors (Lipinski definition) is 1. The Balaban J connectivity index is 0.000000357. The second kappa shape index (κ2) is 13.3. The zero-order chi connectivity index (χ0) is 24.5. The lowest BCUT2D eigenvalue weighted by molar-refractivity contribution is 0.483. The Labute approximate surface area is 217 Å². The number of nitrogens with zero attached hydrogens (tertiary/aromatic N) is 5. The highest BCUT2D eigenvalue weighted by Gasteiger charge is 2.08. The Morgan fingerprint density at radius 3 is 1.45 bits per heavy atom. The first-order valence-corrected chi connectivity index (χ1v) is 11.6. The van der Waals surface area contributed by atoms with Crippen LogP contribution in [0.5, 0.6) is 0 Å². The Morgan fingerprint density at radius 2 is 1.06 bits per heavy atom. The Hall–Kier alpha value is -1.62. The van der Waals surface area contributed by atoms with Gasteiger partial charge in [0.05, 0.1) is 33.7 Å². The lowest BCUT2D eigenvalue weighted by atomic mass is 10.2. The molecule has 0 radical (unpaired) electrons. The zero-order valence-electron chi connectivity index (χ0n) is 16.7. The number of halogens is 6. The number of aryl methyl sites for hydroxylation is 2. The molecule has 0 atom stereocenters. The van der Waals surface area contributed by atoms with Gasteiger partial charge in [0.15, 0.2) is 0 Å². The normalized spacial score (nSPS) is 10.6. The summed E-state index contributed by atoms with van der Waals surface area (Å²) < 4.78 is 2.58. The van der Waals surface area contributed by atoms with E-state index in [1.807, 2.05) is 0 Å². The smallest absolute Gasteiger partial charge is 0.266 e. The number of aromatic nitrogens is 6. The summed E-state index contributed by atoms with van der Waals surface area (Å²) in [4.78, 5) is 34.1. The van der Waals surface area contributed by atoms with Crippen molar-refractivity contribution in [1.82, 2.24) is 29.8 Å². The molecule has 3 aromatic rings. The van der Waals surface area contributed by atoms with Crippen LogP contribution in [0.1, 0.15) is 25.7 Å². The third kappa shape index (κ3) is 7.98. The van der Waals surface area contributed by atoms with Crippen molar-refractivity contribution < 1.29 is 0 Å². The average Bonchev–Trinajstić information content (AvgIpc) is 2.79. The van der Waals surface area contributed by atoms with Crippen LogP contribution in [0.15, 0.2) is 33.0 Å². The first kappa shape index (κ1) is 27.6. The molecule has 15 heteroatoms. The molecule has 0 aliphatic rings. The van der Waals surface area contributed by atoms with Gasteiger partial charge in [-0.25, -0.2) is 14.5 Å². The minimum Gasteiger partial charge on any atom is -0.266 e. The maximum absolute atomic E-state index is 11.8. The van der Waals surface area contributed by atoms with Crippen LogP contribution in [0.3, 0.4) is 0 Å². The fraction of sp³-hybridized carbons (Fsp3) is 0.333. The molecule has 0 aromatic carbocycles. The minimum atomic E-state index is -0.468. The van der Waals surface area contributed by atoms with E-state index in [0.29, 0.717) is 13.1 Å². The Morgan fingerprint density at radius 1 is 0.636 bits per heavy atom. The highest BCUT2D eigenvalue weighted by atomic mass is 35.5. The fourth-order valence-corrected chi connectivity index (χ4v) is 3.21. The number of unbranched alkanes of at least 4 members (excludes halogenated alkanes) is 3. The molecule has 0 aliphatic carbocycles. The number of hydrogen-bond acceptors (Lipinski definition) is 6. The van der Waals surface area contributed by atoms with Gasteiger partial charge in [-0.1, -0.05) is 82.4 Å². The van der Waals surface area contributed by atoms with Crippen molar-refractivity contribution in [2.45, 2.75) is 38.8 Å². The van der Waals surface area contributed by atoms with Crippen LogP contribution in [0.2, 0.25) is 30.1 Å². The van der Waals surface area contributed by atoms with Gasteiger partial charge >= 0.3 is 0 Å². The number of H-pyrrole nitrogens is 1. The van der Waals surface area contributed by atoms with Crippen molar-refractivity contribution in [2.24, 2.45) is 0 Å². The van der Waals surface area contributed by atoms with E-state index < -0.39 is 16.7 Å². The molecule has 0 saturated carbocycles. The Bertz CT molecular complexity index is 1210. The van der Waals surface area contributed by atoms with Crippen LogP contribution in [-0.2, 0) is 13.1 Å². The van der Waals surface area contributed by atoms with Crippen molar-refractivity contribution in [3.8, 4) is 0 Å². The van der Waals surface area contributed by atoms with Gasteiger partial charge in [0, 0.05) is 13.1 Å². The molecule has 9 nitrogen and oxygen atoms in total. The molecule has 3 heterocycles. The second-order valence-corrected chi connectivity index (χ2v) is 8.80. The Kier molecular flexibility index (Phi) is 11.1. The van der Waals surface area contributed by atoms with E-state index in [9.17, 15) is 14.4 Å². The van der Waals surface area contributed by atoms with Gasteiger partial charge < -0.3 is 0 Å². The molecule has 0 unspecified atom stereocenters. The number of rotatable bonds is 7. The van der Waals surface area contributed by atoms with Crippen LogP contribution < -0.4 is 16.7 Å². The molecular weight excluding hydrogens is 561 g/mol. The lowest BCUT2D eigenvalue weighted by Crippen LogP contribution is -2.23. The van der Waals surface area contributed by atoms with E-state index in [1.54, 1.807) is 0 Å². The molecule has 0 spiro atoms. The predicted molar refractivity (Wildman–Crippen MR) is 130 cm³/mol. The van der Waals surface area contributed by atoms with Crippen molar-refractivity contribution in [3.63, 3.8) is 0 Å².